The van der Waals surface area contributed by atoms with Crippen LogP contribution < -0.4 is 4.74 Å². The number of aromatic nitrogens is 2. The fourth-order valence-electron chi connectivity index (χ4n) is 1.89. The molecule has 1 aliphatic heterocycles. The molecule has 1 aromatic heterocycles. The highest BCUT2D eigenvalue weighted by atomic mass is 33.1. The molecule has 0 amide bonds. The number of methoxy groups -OCH3 is 1. The van der Waals surface area contributed by atoms with E-state index in [0.29, 0.717) is 22.5 Å². The van der Waals surface area contributed by atoms with Crippen molar-refractivity contribution in [1.29, 1.82) is 0 Å². The fraction of sp³-hybridized carbons (Fsp3) is 0.143. The summed E-state index contributed by atoms with van der Waals surface area (Å²) in [6.07, 6.45) is 3.63. The first kappa shape index (κ1) is 14.2. The van der Waals surface area contributed by atoms with Gasteiger partial charge < -0.3 is 14.9 Å². The lowest BCUT2D eigenvalue weighted by molar-refractivity contribution is 0.339. The predicted molar refractivity (Wildman–Crippen MR) is 86.1 cm³/mol. The molecule has 0 fully saturated rings. The van der Waals surface area contributed by atoms with Gasteiger partial charge in [-0.05, 0) is 24.3 Å². The van der Waals surface area contributed by atoms with Crippen LogP contribution in [0.1, 0.15) is 5.69 Å². The van der Waals surface area contributed by atoms with Gasteiger partial charge >= 0.3 is 0 Å². The van der Waals surface area contributed by atoms with Crippen molar-refractivity contribution in [3.05, 3.63) is 41.0 Å². The van der Waals surface area contributed by atoms with Gasteiger partial charge in [0, 0.05) is 9.81 Å². The molecule has 0 radical (unpaired) electrons. The number of para-hydroxylation sites is 1. The molecule has 0 saturated carbocycles. The zero-order chi connectivity index (χ0) is 14.8. The number of aliphatic hydroxyl groups is 1. The lowest BCUT2D eigenvalue weighted by Crippen LogP contribution is -1.96. The minimum absolute atomic E-state index is 0.00796. The Hall–Kier alpha value is -1.70. The van der Waals surface area contributed by atoms with Gasteiger partial charge in [-0.1, -0.05) is 27.7 Å². The number of rotatable bonds is 3. The van der Waals surface area contributed by atoms with Crippen molar-refractivity contribution in [1.82, 2.24) is 9.97 Å². The van der Waals surface area contributed by atoms with Crippen molar-refractivity contribution in [2.45, 2.75) is 0 Å². The van der Waals surface area contributed by atoms with E-state index in [0.717, 1.165) is 9.81 Å². The average Bonchev–Trinajstić information content (AvgIpc) is 2.54. The van der Waals surface area contributed by atoms with E-state index in [1.54, 1.807) is 13.2 Å². The van der Waals surface area contributed by atoms with Crippen LogP contribution in [0.5, 0.6) is 11.6 Å². The molecule has 0 atom stereocenters. The number of hydrogen-bond acceptors (Lipinski definition) is 7. The standard InChI is InChI=1S/C14H12N2O3S2/c1-19-10-4-2-3-9-12(10)16-14(18)13(15-9)11-6-5-8(7-17)20-21-11/h2-6,17H,7H2,1H3,(H,16,18). The van der Waals surface area contributed by atoms with Gasteiger partial charge in [0.25, 0.3) is 0 Å². The molecule has 1 aliphatic rings. The summed E-state index contributed by atoms with van der Waals surface area (Å²) in [4.78, 5) is 10.3. The zero-order valence-electron chi connectivity index (χ0n) is 11.1. The number of aliphatic hydroxyl groups excluding tert-OH is 1. The largest absolute Gasteiger partial charge is 0.494 e. The Kier molecular flexibility index (Phi) is 4.05. The topological polar surface area (TPSA) is 75.5 Å². The molecule has 0 saturated heterocycles. The quantitative estimate of drug-likeness (QED) is 0.842. The number of aromatic hydroxyl groups is 1. The third-order valence-electron chi connectivity index (χ3n) is 2.91. The molecular formula is C14H12N2O3S2. The molecule has 1 aromatic carbocycles. The molecule has 2 N–H and O–H groups in total. The highest BCUT2D eigenvalue weighted by Gasteiger charge is 2.17. The lowest BCUT2D eigenvalue weighted by atomic mass is 10.2. The Balaban J connectivity index is 2.10. The first-order chi connectivity index (χ1) is 10.2. The van der Waals surface area contributed by atoms with Gasteiger partial charge in [-0.2, -0.15) is 0 Å². The summed E-state index contributed by atoms with van der Waals surface area (Å²) in [5.41, 5.74) is 1.62. The first-order valence-electron chi connectivity index (χ1n) is 6.13. The van der Waals surface area contributed by atoms with Gasteiger partial charge in [-0.25, -0.2) is 9.97 Å². The van der Waals surface area contributed by atoms with Gasteiger partial charge in [0.1, 0.15) is 17.0 Å². The minimum atomic E-state index is -0.132. The van der Waals surface area contributed by atoms with Gasteiger partial charge in [-0.3, -0.25) is 0 Å². The predicted octanol–water partition coefficient (Wildman–Crippen LogP) is 2.96. The third-order valence-corrected chi connectivity index (χ3v) is 5.41. The Bertz CT molecular complexity index is 759. The average molecular weight is 320 g/mol. The molecule has 3 rings (SSSR count). The number of hydrogen-bond donors (Lipinski definition) is 2. The molecule has 2 aromatic rings. The fourth-order valence-corrected chi connectivity index (χ4v) is 3.92. The summed E-state index contributed by atoms with van der Waals surface area (Å²) in [7, 11) is 4.44. The number of fused-ring (bicyclic) bond motifs is 1. The lowest BCUT2D eigenvalue weighted by Gasteiger charge is -2.13. The van der Waals surface area contributed by atoms with Crippen LogP contribution in [0.25, 0.3) is 15.9 Å². The first-order valence-corrected chi connectivity index (χ1v) is 8.28. The summed E-state index contributed by atoms with van der Waals surface area (Å²) in [5, 5.41) is 19.2. The molecule has 0 unspecified atom stereocenters. The SMILES string of the molecule is COc1cccc2nc(C3=CC=C(CO)SS3)c(O)nc12. The van der Waals surface area contributed by atoms with E-state index in [-0.39, 0.29) is 12.5 Å². The van der Waals surface area contributed by atoms with Gasteiger partial charge in [0.05, 0.1) is 19.2 Å². The van der Waals surface area contributed by atoms with E-state index >= 15 is 0 Å². The molecule has 7 heteroatoms. The Morgan fingerprint density at radius 3 is 2.71 bits per heavy atom. The van der Waals surface area contributed by atoms with E-state index in [2.05, 4.69) is 9.97 Å². The van der Waals surface area contributed by atoms with E-state index in [4.69, 9.17) is 9.84 Å². The molecule has 0 spiro atoms. The Morgan fingerprint density at radius 2 is 2.05 bits per heavy atom. The maximum Gasteiger partial charge on any atom is 0.239 e. The van der Waals surface area contributed by atoms with Gasteiger partial charge in [0.15, 0.2) is 0 Å². The summed E-state index contributed by atoms with van der Waals surface area (Å²) in [5.74, 6) is 0.441. The van der Waals surface area contributed by atoms with E-state index in [1.807, 2.05) is 24.3 Å². The van der Waals surface area contributed by atoms with Crippen LogP contribution in [0.3, 0.4) is 0 Å². The molecule has 21 heavy (non-hydrogen) atoms. The number of nitrogens with zero attached hydrogens (tertiary/aromatic N) is 2. The molecule has 0 aliphatic carbocycles. The van der Waals surface area contributed by atoms with Crippen molar-refractivity contribution in [3.63, 3.8) is 0 Å². The van der Waals surface area contributed by atoms with E-state index < -0.39 is 0 Å². The summed E-state index contributed by atoms with van der Waals surface area (Å²) >= 11 is 0. The van der Waals surface area contributed by atoms with Crippen molar-refractivity contribution in [2.24, 2.45) is 0 Å². The number of ether oxygens (including phenoxy) is 1. The van der Waals surface area contributed by atoms with Crippen LogP contribution in [0.15, 0.2) is 35.3 Å². The molecular weight excluding hydrogens is 308 g/mol. The van der Waals surface area contributed by atoms with Crippen molar-refractivity contribution in [3.8, 4) is 11.6 Å². The van der Waals surface area contributed by atoms with E-state index in [1.165, 1.54) is 21.6 Å². The van der Waals surface area contributed by atoms with Crippen molar-refractivity contribution < 1.29 is 14.9 Å². The Morgan fingerprint density at radius 1 is 1.19 bits per heavy atom. The van der Waals surface area contributed by atoms with Gasteiger partial charge in [0.2, 0.25) is 5.88 Å². The smallest absolute Gasteiger partial charge is 0.239 e. The molecule has 2 heterocycles. The van der Waals surface area contributed by atoms with E-state index in [9.17, 15) is 5.11 Å². The number of allylic oxidation sites excluding steroid dienone is 2. The van der Waals surface area contributed by atoms with Crippen molar-refractivity contribution >= 4 is 37.5 Å². The van der Waals surface area contributed by atoms with Crippen LogP contribution >= 0.6 is 21.6 Å². The Labute approximate surface area is 129 Å². The third kappa shape index (κ3) is 2.72. The maximum atomic E-state index is 10.1. The van der Waals surface area contributed by atoms with Crippen LogP contribution in [0.2, 0.25) is 0 Å². The van der Waals surface area contributed by atoms with Crippen molar-refractivity contribution in [2.75, 3.05) is 13.7 Å². The van der Waals surface area contributed by atoms with Crippen LogP contribution in [0, 0.1) is 0 Å². The summed E-state index contributed by atoms with van der Waals surface area (Å²) < 4.78 is 5.22. The molecule has 5 nitrogen and oxygen atoms in total. The van der Waals surface area contributed by atoms with Crippen LogP contribution in [-0.2, 0) is 0 Å². The normalized spacial score (nSPS) is 14.8. The highest BCUT2D eigenvalue weighted by Crippen LogP contribution is 2.46. The highest BCUT2D eigenvalue weighted by molar-refractivity contribution is 8.81. The minimum Gasteiger partial charge on any atom is -0.494 e. The molecule has 0 bridgehead atoms. The molecule has 108 valence electrons. The second kappa shape index (κ2) is 5.97. The second-order valence-corrected chi connectivity index (χ2v) is 6.51. The number of benzene rings is 1. The monoisotopic (exact) mass is 320 g/mol. The maximum absolute atomic E-state index is 10.1. The van der Waals surface area contributed by atoms with Crippen LogP contribution in [0.4, 0.5) is 0 Å². The summed E-state index contributed by atoms with van der Waals surface area (Å²) in [6.45, 7) is 0.00796. The summed E-state index contributed by atoms with van der Waals surface area (Å²) in [6, 6.07) is 5.43. The zero-order valence-corrected chi connectivity index (χ0v) is 12.7. The second-order valence-electron chi connectivity index (χ2n) is 4.21. The van der Waals surface area contributed by atoms with Crippen LogP contribution in [-0.4, -0.2) is 33.9 Å². The van der Waals surface area contributed by atoms with Gasteiger partial charge in [-0.15, -0.1) is 0 Å².